The molecule has 5 nitrogen and oxygen atoms in total. The van der Waals surface area contributed by atoms with Gasteiger partial charge in [-0.05, 0) is 71.0 Å². The van der Waals surface area contributed by atoms with E-state index in [9.17, 15) is 0 Å². The van der Waals surface area contributed by atoms with Crippen LogP contribution in [0.2, 0.25) is 0 Å². The van der Waals surface area contributed by atoms with Crippen LogP contribution in [0, 0.1) is 0 Å². The highest BCUT2D eigenvalue weighted by atomic mass is 16.5. The van der Waals surface area contributed by atoms with Crippen LogP contribution in [0.15, 0.2) is 140 Å². The van der Waals surface area contributed by atoms with Crippen molar-refractivity contribution < 1.29 is 4.74 Å². The first-order valence-electron chi connectivity index (χ1n) is 16.0. The van der Waals surface area contributed by atoms with E-state index in [1.165, 1.54) is 16.3 Å². The van der Waals surface area contributed by atoms with Gasteiger partial charge in [0.2, 0.25) is 0 Å². The molecule has 0 saturated heterocycles. The number of pyridine rings is 2. The molecule has 4 aromatic heterocycles. The first-order valence-corrected chi connectivity index (χ1v) is 16.0. The van der Waals surface area contributed by atoms with Crippen LogP contribution in [0.25, 0.3) is 66.2 Å². The zero-order chi connectivity index (χ0) is 31.7. The van der Waals surface area contributed by atoms with Crippen molar-refractivity contribution in [3.8, 4) is 28.4 Å². The monoisotopic (exact) mass is 608 g/mol. The molecule has 0 amide bonds. The van der Waals surface area contributed by atoms with Crippen molar-refractivity contribution in [3.05, 3.63) is 145 Å². The Morgan fingerprint density at radius 3 is 2.21 bits per heavy atom. The highest BCUT2D eigenvalue weighted by molar-refractivity contribution is 6.12. The summed E-state index contributed by atoms with van der Waals surface area (Å²) >= 11 is 0. The molecule has 226 valence electrons. The standard InChI is InChI=1S/C42H32N4O/c1-42(2,3)28-18-20-34-35-16-10-22-43-40(35)46(39(34)23-28)29-13-9-14-30(24-29)47-31-19-21-32-33-15-7-8-17-38(33)45-26-37(27-11-5-4-6-12-27)44-41(45)36(32)25-31/h4-26H,1-3H3. The molecule has 9 rings (SSSR count). The Morgan fingerprint density at radius 1 is 0.574 bits per heavy atom. The number of ether oxygens (including phenoxy) is 1. The summed E-state index contributed by atoms with van der Waals surface area (Å²) < 4.78 is 11.1. The van der Waals surface area contributed by atoms with Crippen LogP contribution in [0.5, 0.6) is 11.5 Å². The molecule has 47 heavy (non-hydrogen) atoms. The largest absolute Gasteiger partial charge is 0.457 e. The van der Waals surface area contributed by atoms with E-state index in [0.29, 0.717) is 0 Å². The molecular weight excluding hydrogens is 576 g/mol. The topological polar surface area (TPSA) is 44.4 Å². The van der Waals surface area contributed by atoms with Gasteiger partial charge >= 0.3 is 0 Å². The molecule has 0 radical (unpaired) electrons. The van der Waals surface area contributed by atoms with Gasteiger partial charge in [0.15, 0.2) is 0 Å². The molecule has 4 heterocycles. The second-order valence-electron chi connectivity index (χ2n) is 13.2. The molecule has 0 spiro atoms. The van der Waals surface area contributed by atoms with Crippen LogP contribution in [0.3, 0.4) is 0 Å². The third-order valence-corrected chi connectivity index (χ3v) is 9.17. The summed E-state index contributed by atoms with van der Waals surface area (Å²) in [7, 11) is 0. The van der Waals surface area contributed by atoms with Gasteiger partial charge in [-0.1, -0.05) is 87.5 Å². The fourth-order valence-electron chi connectivity index (χ4n) is 6.81. The summed E-state index contributed by atoms with van der Waals surface area (Å²) in [5.74, 6) is 1.51. The average molecular weight is 609 g/mol. The van der Waals surface area contributed by atoms with Gasteiger partial charge in [-0.25, -0.2) is 9.97 Å². The zero-order valence-electron chi connectivity index (χ0n) is 26.5. The number of para-hydroxylation sites is 1. The molecule has 0 unspecified atom stereocenters. The number of aromatic nitrogens is 4. The van der Waals surface area contributed by atoms with Gasteiger partial charge in [-0.15, -0.1) is 0 Å². The first-order chi connectivity index (χ1) is 22.9. The summed E-state index contributed by atoms with van der Waals surface area (Å²) in [5, 5.41) is 5.68. The number of fused-ring (bicyclic) bond motifs is 9. The molecule has 0 N–H and O–H groups in total. The fraction of sp³-hybridized carbons (Fsp3) is 0.0952. The minimum absolute atomic E-state index is 0.0252. The van der Waals surface area contributed by atoms with Gasteiger partial charge in [0.05, 0.1) is 22.4 Å². The van der Waals surface area contributed by atoms with E-state index in [1.807, 2.05) is 30.5 Å². The average Bonchev–Trinajstić information content (AvgIpc) is 3.69. The number of benzene rings is 5. The zero-order valence-corrected chi connectivity index (χ0v) is 26.5. The summed E-state index contributed by atoms with van der Waals surface area (Å²) in [5.41, 5.74) is 8.44. The predicted octanol–water partition coefficient (Wildman–Crippen LogP) is 10.9. The second-order valence-corrected chi connectivity index (χ2v) is 13.2. The Bertz CT molecular complexity index is 2640. The molecule has 0 atom stereocenters. The highest BCUT2D eigenvalue weighted by Crippen LogP contribution is 2.37. The third kappa shape index (κ3) is 4.46. The van der Waals surface area contributed by atoms with Crippen molar-refractivity contribution in [2.24, 2.45) is 0 Å². The lowest BCUT2D eigenvalue weighted by molar-refractivity contribution is 0.483. The molecule has 0 aliphatic rings. The summed E-state index contributed by atoms with van der Waals surface area (Å²) in [4.78, 5) is 9.96. The van der Waals surface area contributed by atoms with E-state index in [1.54, 1.807) is 0 Å². The second kappa shape index (κ2) is 10.3. The maximum atomic E-state index is 6.61. The highest BCUT2D eigenvalue weighted by Gasteiger charge is 2.19. The third-order valence-electron chi connectivity index (χ3n) is 9.17. The van der Waals surface area contributed by atoms with Crippen LogP contribution in [-0.4, -0.2) is 18.9 Å². The Hall–Kier alpha value is -5.94. The van der Waals surface area contributed by atoms with E-state index in [-0.39, 0.29) is 5.41 Å². The molecule has 5 heteroatoms. The van der Waals surface area contributed by atoms with E-state index < -0.39 is 0 Å². The lowest BCUT2D eigenvalue weighted by Crippen LogP contribution is -2.10. The minimum atomic E-state index is 0.0252. The van der Waals surface area contributed by atoms with E-state index in [2.05, 4.69) is 139 Å². The number of rotatable bonds is 4. The molecule has 0 aliphatic carbocycles. The quantitative estimate of drug-likeness (QED) is 0.187. The molecule has 9 aromatic rings. The van der Waals surface area contributed by atoms with Crippen LogP contribution >= 0.6 is 0 Å². The number of hydrogen-bond acceptors (Lipinski definition) is 3. The lowest BCUT2D eigenvalue weighted by Gasteiger charge is -2.19. The molecule has 5 aromatic carbocycles. The van der Waals surface area contributed by atoms with Crippen LogP contribution in [0.4, 0.5) is 0 Å². The number of nitrogens with zero attached hydrogens (tertiary/aromatic N) is 4. The van der Waals surface area contributed by atoms with Gasteiger partial charge in [0.25, 0.3) is 0 Å². The van der Waals surface area contributed by atoms with Gasteiger partial charge in [-0.2, -0.15) is 0 Å². The Morgan fingerprint density at radius 2 is 1.34 bits per heavy atom. The maximum Gasteiger partial charge on any atom is 0.146 e. The van der Waals surface area contributed by atoms with Crippen molar-refractivity contribution in [3.63, 3.8) is 0 Å². The summed E-state index contributed by atoms with van der Waals surface area (Å²) in [6.45, 7) is 6.75. The molecule has 0 saturated carbocycles. The van der Waals surface area contributed by atoms with Crippen molar-refractivity contribution in [2.45, 2.75) is 26.2 Å². The summed E-state index contributed by atoms with van der Waals surface area (Å²) in [6.07, 6.45) is 4.00. The number of imidazole rings is 1. The van der Waals surface area contributed by atoms with Crippen LogP contribution in [-0.2, 0) is 5.41 Å². The Balaban J connectivity index is 1.18. The Kier molecular flexibility index (Phi) is 6.00. The lowest BCUT2D eigenvalue weighted by atomic mass is 9.86. The first kappa shape index (κ1) is 27.4. The fourth-order valence-corrected chi connectivity index (χ4v) is 6.81. The number of hydrogen-bond donors (Lipinski definition) is 0. The molecule has 0 bridgehead atoms. The van der Waals surface area contributed by atoms with Crippen molar-refractivity contribution in [2.75, 3.05) is 0 Å². The molecule has 0 fully saturated rings. The summed E-state index contributed by atoms with van der Waals surface area (Å²) in [6, 6.07) is 44.4. The van der Waals surface area contributed by atoms with E-state index in [4.69, 9.17) is 14.7 Å². The van der Waals surface area contributed by atoms with Crippen LogP contribution in [0.1, 0.15) is 26.3 Å². The van der Waals surface area contributed by atoms with Gasteiger partial charge in [0.1, 0.15) is 22.8 Å². The minimum Gasteiger partial charge on any atom is -0.457 e. The smallest absolute Gasteiger partial charge is 0.146 e. The van der Waals surface area contributed by atoms with Crippen LogP contribution < -0.4 is 4.74 Å². The van der Waals surface area contributed by atoms with Gasteiger partial charge in [0, 0.05) is 45.6 Å². The SMILES string of the molecule is CC(C)(C)c1ccc2c3cccnc3n(-c3cccc(Oc4ccc5c6ccccc6n6cc(-c7ccccc7)nc6c5c4)c3)c2c1. The van der Waals surface area contributed by atoms with Gasteiger partial charge < -0.3 is 4.74 Å². The van der Waals surface area contributed by atoms with Gasteiger partial charge in [-0.3, -0.25) is 8.97 Å². The van der Waals surface area contributed by atoms with Crippen molar-refractivity contribution in [1.29, 1.82) is 0 Å². The Labute approximate surface area is 272 Å². The predicted molar refractivity (Wildman–Crippen MR) is 193 cm³/mol. The molecule has 0 aliphatic heterocycles. The normalized spacial score (nSPS) is 12.1. The molecular formula is C42H32N4O. The van der Waals surface area contributed by atoms with Crippen molar-refractivity contribution >= 4 is 49.3 Å². The van der Waals surface area contributed by atoms with E-state index >= 15 is 0 Å². The van der Waals surface area contributed by atoms with Crippen molar-refractivity contribution in [1.82, 2.24) is 18.9 Å². The maximum absolute atomic E-state index is 6.61. The van der Waals surface area contributed by atoms with E-state index in [0.717, 1.165) is 66.9 Å².